The molecule has 0 aliphatic heterocycles. The number of amides is 1. The molecule has 0 aromatic carbocycles. The van der Waals surface area contributed by atoms with Gasteiger partial charge in [0.2, 0.25) is 5.91 Å². The third kappa shape index (κ3) is 3.37. The predicted octanol–water partition coefficient (Wildman–Crippen LogP) is 2.17. The smallest absolute Gasteiger partial charge is 0.310 e. The van der Waals surface area contributed by atoms with E-state index in [0.29, 0.717) is 18.5 Å². The lowest BCUT2D eigenvalue weighted by molar-refractivity contribution is -0.152. The fourth-order valence-corrected chi connectivity index (χ4v) is 2.87. The number of nitrogens with zero attached hydrogens (tertiary/aromatic N) is 2. The molecule has 1 aliphatic carbocycles. The average Bonchev–Trinajstić information content (AvgIpc) is 2.64. The minimum Gasteiger partial charge on any atom is -0.481 e. The van der Waals surface area contributed by atoms with Gasteiger partial charge in [0.15, 0.2) is 0 Å². The summed E-state index contributed by atoms with van der Waals surface area (Å²) >= 11 is 0. The topological polar surface area (TPSA) is 84.2 Å². The van der Waals surface area contributed by atoms with Crippen molar-refractivity contribution in [3.05, 3.63) is 12.4 Å². The van der Waals surface area contributed by atoms with E-state index in [4.69, 9.17) is 0 Å². The van der Waals surface area contributed by atoms with E-state index < -0.39 is 11.4 Å². The number of hydrogen-bond acceptors (Lipinski definition) is 3. The fraction of sp³-hybridized carbons (Fsp3) is 0.643. The molecule has 20 heavy (non-hydrogen) atoms. The van der Waals surface area contributed by atoms with Gasteiger partial charge in [0.05, 0.1) is 17.3 Å². The number of anilines is 1. The van der Waals surface area contributed by atoms with Gasteiger partial charge < -0.3 is 10.4 Å². The summed E-state index contributed by atoms with van der Waals surface area (Å²) in [5.41, 5.74) is -0.297. The van der Waals surface area contributed by atoms with Crippen molar-refractivity contribution in [2.24, 2.45) is 12.5 Å². The zero-order chi connectivity index (χ0) is 14.6. The molecule has 1 amide bonds. The van der Waals surface area contributed by atoms with Crippen LogP contribution in [0.4, 0.5) is 5.69 Å². The van der Waals surface area contributed by atoms with Crippen molar-refractivity contribution in [3.8, 4) is 0 Å². The molecule has 0 bridgehead atoms. The van der Waals surface area contributed by atoms with Gasteiger partial charge in [-0.05, 0) is 12.8 Å². The molecular weight excluding hydrogens is 258 g/mol. The summed E-state index contributed by atoms with van der Waals surface area (Å²) in [5, 5.41) is 16.2. The van der Waals surface area contributed by atoms with E-state index in [1.807, 2.05) is 0 Å². The lowest BCUT2D eigenvalue weighted by Crippen LogP contribution is -2.35. The maximum Gasteiger partial charge on any atom is 0.310 e. The molecule has 0 radical (unpaired) electrons. The Balaban J connectivity index is 2.03. The Hall–Kier alpha value is -1.85. The number of rotatable bonds is 4. The molecule has 110 valence electrons. The highest BCUT2D eigenvalue weighted by Gasteiger charge is 2.40. The van der Waals surface area contributed by atoms with Crippen LogP contribution in [-0.2, 0) is 16.6 Å². The Morgan fingerprint density at radius 2 is 2.00 bits per heavy atom. The number of hydrogen-bond donors (Lipinski definition) is 2. The minimum absolute atomic E-state index is 0.0389. The Morgan fingerprint density at radius 3 is 2.50 bits per heavy atom. The van der Waals surface area contributed by atoms with Crippen molar-refractivity contribution in [2.75, 3.05) is 5.32 Å². The van der Waals surface area contributed by atoms with Gasteiger partial charge in [0.1, 0.15) is 0 Å². The first-order chi connectivity index (χ1) is 9.52. The van der Waals surface area contributed by atoms with Crippen molar-refractivity contribution >= 4 is 17.6 Å². The third-order valence-corrected chi connectivity index (χ3v) is 4.00. The molecule has 0 spiro atoms. The maximum absolute atomic E-state index is 12.1. The SMILES string of the molecule is Cn1cc(NC(=O)CC2(C(=O)O)CCCCCC2)cn1. The zero-order valence-corrected chi connectivity index (χ0v) is 11.8. The molecule has 1 aromatic rings. The second-order valence-corrected chi connectivity index (χ2v) is 5.63. The fourth-order valence-electron chi connectivity index (χ4n) is 2.87. The second-order valence-electron chi connectivity index (χ2n) is 5.63. The van der Waals surface area contributed by atoms with Crippen molar-refractivity contribution < 1.29 is 14.7 Å². The van der Waals surface area contributed by atoms with E-state index in [0.717, 1.165) is 25.7 Å². The van der Waals surface area contributed by atoms with Crippen LogP contribution >= 0.6 is 0 Å². The lowest BCUT2D eigenvalue weighted by Gasteiger charge is -2.27. The molecule has 2 rings (SSSR count). The van der Waals surface area contributed by atoms with Crippen LogP contribution in [0.5, 0.6) is 0 Å². The Kier molecular flexibility index (Phi) is 4.42. The van der Waals surface area contributed by atoms with Crippen molar-refractivity contribution in [1.29, 1.82) is 0 Å². The van der Waals surface area contributed by atoms with Crippen LogP contribution in [0.25, 0.3) is 0 Å². The van der Waals surface area contributed by atoms with E-state index in [-0.39, 0.29) is 12.3 Å². The van der Waals surface area contributed by atoms with Gasteiger partial charge in [-0.1, -0.05) is 25.7 Å². The van der Waals surface area contributed by atoms with Crippen LogP contribution in [0.1, 0.15) is 44.9 Å². The van der Waals surface area contributed by atoms with Gasteiger partial charge in [-0.2, -0.15) is 5.10 Å². The summed E-state index contributed by atoms with van der Waals surface area (Å²) in [6.07, 6.45) is 8.33. The van der Waals surface area contributed by atoms with Gasteiger partial charge in [-0.25, -0.2) is 0 Å². The molecule has 6 heteroatoms. The van der Waals surface area contributed by atoms with Crippen molar-refractivity contribution in [3.63, 3.8) is 0 Å². The van der Waals surface area contributed by atoms with E-state index in [1.165, 1.54) is 0 Å². The standard InChI is InChI=1S/C14H21N3O3/c1-17-10-11(9-15-17)16-12(18)8-14(13(19)20)6-4-2-3-5-7-14/h9-10H,2-8H2,1H3,(H,16,18)(H,19,20). The average molecular weight is 279 g/mol. The van der Waals surface area contributed by atoms with Gasteiger partial charge in [0, 0.05) is 19.7 Å². The molecule has 1 fully saturated rings. The molecule has 0 unspecified atom stereocenters. The Labute approximate surface area is 118 Å². The third-order valence-electron chi connectivity index (χ3n) is 4.00. The summed E-state index contributed by atoms with van der Waals surface area (Å²) in [6, 6.07) is 0. The number of carboxylic acid groups (broad SMARTS) is 1. The van der Waals surface area contributed by atoms with Crippen LogP contribution in [0.15, 0.2) is 12.4 Å². The van der Waals surface area contributed by atoms with E-state index in [2.05, 4.69) is 10.4 Å². The molecule has 1 saturated carbocycles. The van der Waals surface area contributed by atoms with Crippen molar-refractivity contribution in [2.45, 2.75) is 44.9 Å². The highest BCUT2D eigenvalue weighted by molar-refractivity contribution is 5.94. The first-order valence-electron chi connectivity index (χ1n) is 7.04. The summed E-state index contributed by atoms with van der Waals surface area (Å²) in [7, 11) is 1.76. The molecule has 1 aliphatic rings. The normalized spacial score (nSPS) is 18.2. The number of aromatic nitrogens is 2. The van der Waals surface area contributed by atoms with Gasteiger partial charge in [-0.15, -0.1) is 0 Å². The van der Waals surface area contributed by atoms with Crippen molar-refractivity contribution in [1.82, 2.24) is 9.78 Å². The predicted molar refractivity (Wildman–Crippen MR) is 74.2 cm³/mol. The Bertz CT molecular complexity index is 488. The number of carbonyl (C=O) groups is 2. The van der Waals surface area contributed by atoms with E-state index in [1.54, 1.807) is 24.1 Å². The highest BCUT2D eigenvalue weighted by atomic mass is 16.4. The van der Waals surface area contributed by atoms with Crippen LogP contribution in [0.2, 0.25) is 0 Å². The Morgan fingerprint density at radius 1 is 1.35 bits per heavy atom. The van der Waals surface area contributed by atoms with Crippen LogP contribution < -0.4 is 5.32 Å². The minimum atomic E-state index is -0.900. The quantitative estimate of drug-likeness (QED) is 0.827. The van der Waals surface area contributed by atoms with Gasteiger partial charge >= 0.3 is 5.97 Å². The molecule has 0 atom stereocenters. The number of nitrogens with one attached hydrogen (secondary N) is 1. The van der Waals surface area contributed by atoms with Gasteiger partial charge in [-0.3, -0.25) is 14.3 Å². The monoisotopic (exact) mass is 279 g/mol. The molecule has 1 heterocycles. The van der Waals surface area contributed by atoms with Crippen LogP contribution in [-0.4, -0.2) is 26.8 Å². The first-order valence-corrected chi connectivity index (χ1v) is 7.04. The molecular formula is C14H21N3O3. The zero-order valence-electron chi connectivity index (χ0n) is 11.8. The maximum atomic E-state index is 12.1. The summed E-state index contributed by atoms with van der Waals surface area (Å²) in [4.78, 5) is 23.7. The number of aliphatic carboxylic acids is 1. The summed E-state index contributed by atoms with van der Waals surface area (Å²) in [6.45, 7) is 0. The van der Waals surface area contributed by atoms with Gasteiger partial charge in [0.25, 0.3) is 0 Å². The summed E-state index contributed by atoms with van der Waals surface area (Å²) in [5.74, 6) is -1.09. The molecule has 2 N–H and O–H groups in total. The van der Waals surface area contributed by atoms with E-state index in [9.17, 15) is 14.7 Å². The number of aryl methyl sites for hydroxylation is 1. The highest BCUT2D eigenvalue weighted by Crippen LogP contribution is 2.38. The first kappa shape index (κ1) is 14.6. The molecule has 6 nitrogen and oxygen atoms in total. The van der Waals surface area contributed by atoms with E-state index >= 15 is 0 Å². The number of carbonyl (C=O) groups excluding carboxylic acids is 1. The number of carboxylic acids is 1. The largest absolute Gasteiger partial charge is 0.481 e. The molecule has 1 aromatic heterocycles. The molecule has 0 saturated heterocycles. The van der Waals surface area contributed by atoms with Crippen LogP contribution in [0, 0.1) is 5.41 Å². The lowest BCUT2D eigenvalue weighted by atomic mass is 9.77. The van der Waals surface area contributed by atoms with Crippen LogP contribution in [0.3, 0.4) is 0 Å². The second kappa shape index (κ2) is 6.07. The summed E-state index contributed by atoms with van der Waals surface area (Å²) < 4.78 is 1.59.